The summed E-state index contributed by atoms with van der Waals surface area (Å²) in [6.45, 7) is 2.83. The minimum atomic E-state index is -0.233. The molecule has 0 saturated carbocycles. The van der Waals surface area contributed by atoms with Crippen molar-refractivity contribution in [2.75, 3.05) is 11.9 Å². The molecule has 15 heavy (non-hydrogen) atoms. The molecule has 4 heteroatoms. The topological polar surface area (TPSA) is 21.3 Å². The normalized spacial score (nSPS) is 25.5. The van der Waals surface area contributed by atoms with Crippen LogP contribution in [-0.2, 0) is 4.74 Å². The Hall–Kier alpha value is -0.610. The van der Waals surface area contributed by atoms with E-state index in [4.69, 9.17) is 4.74 Å². The fourth-order valence-electron chi connectivity index (χ4n) is 1.73. The van der Waals surface area contributed by atoms with Gasteiger partial charge in [-0.25, -0.2) is 4.39 Å². The maximum Gasteiger partial charge on any atom is 0.124 e. The minimum Gasteiger partial charge on any atom is -0.379 e. The van der Waals surface area contributed by atoms with E-state index in [-0.39, 0.29) is 11.9 Å². The predicted molar refractivity (Wildman–Crippen MR) is 61.5 cm³/mol. The summed E-state index contributed by atoms with van der Waals surface area (Å²) in [7, 11) is 0. The van der Waals surface area contributed by atoms with Crippen LogP contribution in [0.15, 0.2) is 22.7 Å². The van der Waals surface area contributed by atoms with E-state index in [1.165, 1.54) is 12.1 Å². The summed E-state index contributed by atoms with van der Waals surface area (Å²) in [6.07, 6.45) is 1.20. The van der Waals surface area contributed by atoms with Crippen molar-refractivity contribution in [2.24, 2.45) is 0 Å². The Kier molecular flexibility index (Phi) is 3.26. The quantitative estimate of drug-likeness (QED) is 0.894. The van der Waals surface area contributed by atoms with Gasteiger partial charge in [-0.15, -0.1) is 0 Å². The molecule has 0 bridgehead atoms. The zero-order valence-electron chi connectivity index (χ0n) is 8.47. The van der Waals surface area contributed by atoms with Crippen LogP contribution < -0.4 is 5.32 Å². The van der Waals surface area contributed by atoms with Gasteiger partial charge in [-0.05, 0) is 47.5 Å². The number of halogens is 2. The Morgan fingerprint density at radius 1 is 1.53 bits per heavy atom. The van der Waals surface area contributed by atoms with Gasteiger partial charge in [-0.1, -0.05) is 0 Å². The highest BCUT2D eigenvalue weighted by molar-refractivity contribution is 9.10. The molecule has 82 valence electrons. The number of ether oxygens (including phenoxy) is 1. The van der Waals surface area contributed by atoms with E-state index >= 15 is 0 Å². The first-order valence-electron chi connectivity index (χ1n) is 5.00. The second-order valence-electron chi connectivity index (χ2n) is 3.74. The minimum absolute atomic E-state index is 0.210. The number of nitrogens with one attached hydrogen (secondary N) is 1. The summed E-state index contributed by atoms with van der Waals surface area (Å²) in [4.78, 5) is 0. The Bertz CT molecular complexity index is 358. The third-order valence-corrected chi connectivity index (χ3v) is 3.30. The van der Waals surface area contributed by atoms with Crippen LogP contribution in [0.5, 0.6) is 0 Å². The van der Waals surface area contributed by atoms with Crippen LogP contribution in [0.25, 0.3) is 0 Å². The predicted octanol–water partition coefficient (Wildman–Crippen LogP) is 3.18. The molecule has 0 aliphatic carbocycles. The first-order valence-corrected chi connectivity index (χ1v) is 5.79. The SMILES string of the molecule is CC1OCCC1Nc1ccc(F)cc1Br. The van der Waals surface area contributed by atoms with E-state index in [9.17, 15) is 4.39 Å². The van der Waals surface area contributed by atoms with Gasteiger partial charge in [-0.3, -0.25) is 0 Å². The maximum atomic E-state index is 12.9. The summed E-state index contributed by atoms with van der Waals surface area (Å²) >= 11 is 3.33. The average Bonchev–Trinajstić information content (AvgIpc) is 2.57. The van der Waals surface area contributed by atoms with Crippen LogP contribution in [0, 0.1) is 5.82 Å². The highest BCUT2D eigenvalue weighted by Crippen LogP contribution is 2.26. The van der Waals surface area contributed by atoms with Gasteiger partial charge < -0.3 is 10.1 Å². The lowest BCUT2D eigenvalue weighted by atomic mass is 10.1. The largest absolute Gasteiger partial charge is 0.379 e. The molecule has 2 nitrogen and oxygen atoms in total. The van der Waals surface area contributed by atoms with E-state index in [0.29, 0.717) is 6.04 Å². The van der Waals surface area contributed by atoms with Crippen LogP contribution in [0.1, 0.15) is 13.3 Å². The first kappa shape index (κ1) is 10.9. The van der Waals surface area contributed by atoms with Gasteiger partial charge in [0.25, 0.3) is 0 Å². The zero-order valence-corrected chi connectivity index (χ0v) is 10.1. The van der Waals surface area contributed by atoms with Gasteiger partial charge in [0.05, 0.1) is 12.1 Å². The molecule has 1 aliphatic heterocycles. The van der Waals surface area contributed by atoms with Crippen molar-refractivity contribution in [2.45, 2.75) is 25.5 Å². The van der Waals surface area contributed by atoms with Crippen molar-refractivity contribution >= 4 is 21.6 Å². The molecule has 1 aromatic carbocycles. The molecule has 2 unspecified atom stereocenters. The Morgan fingerprint density at radius 2 is 2.33 bits per heavy atom. The fraction of sp³-hybridized carbons (Fsp3) is 0.455. The van der Waals surface area contributed by atoms with Gasteiger partial charge >= 0.3 is 0 Å². The Balaban J connectivity index is 2.10. The van der Waals surface area contributed by atoms with Gasteiger partial charge in [0.15, 0.2) is 0 Å². The third-order valence-electron chi connectivity index (χ3n) is 2.65. The first-order chi connectivity index (χ1) is 7.16. The Labute approximate surface area is 96.9 Å². The smallest absolute Gasteiger partial charge is 0.124 e. The van der Waals surface area contributed by atoms with E-state index in [2.05, 4.69) is 21.2 Å². The molecule has 0 aromatic heterocycles. The van der Waals surface area contributed by atoms with Crippen molar-refractivity contribution in [3.8, 4) is 0 Å². The lowest BCUT2D eigenvalue weighted by Gasteiger charge is -2.18. The van der Waals surface area contributed by atoms with Crippen molar-refractivity contribution in [3.63, 3.8) is 0 Å². The number of rotatable bonds is 2. The second kappa shape index (κ2) is 4.49. The average molecular weight is 274 g/mol. The van der Waals surface area contributed by atoms with Crippen LogP contribution in [0.2, 0.25) is 0 Å². The zero-order chi connectivity index (χ0) is 10.8. The number of hydrogen-bond donors (Lipinski definition) is 1. The summed E-state index contributed by atoms with van der Waals surface area (Å²) in [5, 5.41) is 3.35. The maximum absolute atomic E-state index is 12.9. The molecule has 1 heterocycles. The summed E-state index contributed by atoms with van der Waals surface area (Å²) < 4.78 is 19.1. The lowest BCUT2D eigenvalue weighted by molar-refractivity contribution is 0.121. The standard InChI is InChI=1S/C11H13BrFNO/c1-7-10(4-5-15-7)14-11-3-2-8(13)6-9(11)12/h2-3,6-7,10,14H,4-5H2,1H3. The van der Waals surface area contributed by atoms with Gasteiger partial charge in [0.2, 0.25) is 0 Å². The molecule has 2 atom stereocenters. The molecule has 2 rings (SSSR count). The molecule has 0 spiro atoms. The van der Waals surface area contributed by atoms with Gasteiger partial charge in [0, 0.05) is 16.8 Å². The number of hydrogen-bond acceptors (Lipinski definition) is 2. The second-order valence-corrected chi connectivity index (χ2v) is 4.59. The van der Waals surface area contributed by atoms with Crippen molar-refractivity contribution in [3.05, 3.63) is 28.5 Å². The molecule has 1 fully saturated rings. The van der Waals surface area contributed by atoms with Crippen molar-refractivity contribution < 1.29 is 9.13 Å². The summed E-state index contributed by atoms with van der Waals surface area (Å²) in [5.41, 5.74) is 0.916. The highest BCUT2D eigenvalue weighted by Gasteiger charge is 2.24. The van der Waals surface area contributed by atoms with E-state index in [0.717, 1.165) is 23.2 Å². The van der Waals surface area contributed by atoms with E-state index in [1.807, 2.05) is 6.92 Å². The fourth-order valence-corrected chi connectivity index (χ4v) is 2.19. The van der Waals surface area contributed by atoms with E-state index in [1.54, 1.807) is 6.07 Å². The van der Waals surface area contributed by atoms with Crippen LogP contribution >= 0.6 is 15.9 Å². The number of anilines is 1. The molecule has 1 aliphatic rings. The monoisotopic (exact) mass is 273 g/mol. The molecule has 1 N–H and O–H groups in total. The van der Waals surface area contributed by atoms with Crippen molar-refractivity contribution in [1.82, 2.24) is 0 Å². The van der Waals surface area contributed by atoms with Gasteiger partial charge in [0.1, 0.15) is 5.82 Å². The van der Waals surface area contributed by atoms with Crippen molar-refractivity contribution in [1.29, 1.82) is 0 Å². The molecule has 1 saturated heterocycles. The number of benzene rings is 1. The lowest BCUT2D eigenvalue weighted by Crippen LogP contribution is -2.26. The molecule has 0 amide bonds. The summed E-state index contributed by atoms with van der Waals surface area (Å²) in [5.74, 6) is -0.233. The molecular formula is C11H13BrFNO. The van der Waals surface area contributed by atoms with E-state index < -0.39 is 0 Å². The molecular weight excluding hydrogens is 261 g/mol. The molecule has 1 aromatic rings. The molecule has 0 radical (unpaired) electrons. The van der Waals surface area contributed by atoms with Crippen LogP contribution in [0.4, 0.5) is 10.1 Å². The third kappa shape index (κ3) is 2.49. The van der Waals surface area contributed by atoms with Crippen LogP contribution in [-0.4, -0.2) is 18.8 Å². The summed E-state index contributed by atoms with van der Waals surface area (Å²) in [6, 6.07) is 4.97. The van der Waals surface area contributed by atoms with Gasteiger partial charge in [-0.2, -0.15) is 0 Å². The highest BCUT2D eigenvalue weighted by atomic mass is 79.9. The van der Waals surface area contributed by atoms with Crippen LogP contribution in [0.3, 0.4) is 0 Å². The Morgan fingerprint density at radius 3 is 2.93 bits per heavy atom.